The van der Waals surface area contributed by atoms with Crippen molar-refractivity contribution in [2.45, 2.75) is 6.92 Å². The molecule has 0 atom stereocenters. The number of hydrogen-bond acceptors (Lipinski definition) is 7. The van der Waals surface area contributed by atoms with Crippen LogP contribution in [-0.4, -0.2) is 47.7 Å². The average molecular weight is 598 g/mol. The van der Waals surface area contributed by atoms with Crippen LogP contribution in [0.2, 0.25) is 0 Å². The van der Waals surface area contributed by atoms with E-state index in [0.717, 1.165) is 16.7 Å². The number of thioether (sulfide) groups is 1. The number of carbonyl (C=O) groups is 4. The van der Waals surface area contributed by atoms with E-state index in [1.54, 1.807) is 49.4 Å². The number of ether oxygens (including phenoxy) is 2. The molecule has 8 nitrogen and oxygen atoms in total. The number of esters is 1. The molecule has 0 spiro atoms. The molecule has 0 radical (unpaired) electrons. The van der Waals surface area contributed by atoms with Gasteiger partial charge in [0.25, 0.3) is 11.1 Å². The van der Waals surface area contributed by atoms with Gasteiger partial charge in [-0.25, -0.2) is 4.79 Å². The van der Waals surface area contributed by atoms with Gasteiger partial charge in [-0.3, -0.25) is 19.3 Å². The minimum absolute atomic E-state index is 0.132. The van der Waals surface area contributed by atoms with Crippen molar-refractivity contribution in [3.8, 4) is 5.75 Å². The summed E-state index contributed by atoms with van der Waals surface area (Å²) in [5.74, 6) is -1.29. The number of benzene rings is 2. The SMILES string of the molecule is CCOC(=O)COc1ccc(Br)cc1/C=C1/SC(=O)N(CC(=O)Nc2ccccc2Br)C1=O. The van der Waals surface area contributed by atoms with Crippen LogP contribution in [0.3, 0.4) is 0 Å². The van der Waals surface area contributed by atoms with Crippen LogP contribution >= 0.6 is 43.6 Å². The number of halogens is 2. The molecule has 3 amide bonds. The maximum Gasteiger partial charge on any atom is 0.344 e. The third-order valence-corrected chi connectivity index (χ3v) is 6.32. The Labute approximate surface area is 210 Å². The highest BCUT2D eigenvalue weighted by molar-refractivity contribution is 9.10. The second-order valence-corrected chi connectivity index (χ2v) is 9.33. The maximum absolute atomic E-state index is 12.8. The molecule has 2 aromatic rings. The Bertz CT molecular complexity index is 1140. The summed E-state index contributed by atoms with van der Waals surface area (Å²) in [5.41, 5.74) is 1.01. The van der Waals surface area contributed by atoms with E-state index in [1.807, 2.05) is 0 Å². The summed E-state index contributed by atoms with van der Waals surface area (Å²) in [4.78, 5) is 50.3. The Hall–Kier alpha value is -2.63. The van der Waals surface area contributed by atoms with Gasteiger partial charge in [-0.2, -0.15) is 0 Å². The van der Waals surface area contributed by atoms with E-state index in [-0.39, 0.29) is 18.1 Å². The molecular formula is C22H18Br2N2O6S. The largest absolute Gasteiger partial charge is 0.481 e. The van der Waals surface area contributed by atoms with Crippen LogP contribution in [0, 0.1) is 0 Å². The lowest BCUT2D eigenvalue weighted by Crippen LogP contribution is -2.36. The van der Waals surface area contributed by atoms with Crippen molar-refractivity contribution in [2.24, 2.45) is 0 Å². The van der Waals surface area contributed by atoms with Crippen molar-refractivity contribution in [3.05, 3.63) is 61.9 Å². The Balaban J connectivity index is 1.74. The number of anilines is 1. The van der Waals surface area contributed by atoms with Gasteiger partial charge in [0, 0.05) is 14.5 Å². The second-order valence-electron chi connectivity index (χ2n) is 6.57. The Morgan fingerprint density at radius 3 is 2.64 bits per heavy atom. The van der Waals surface area contributed by atoms with Gasteiger partial charge in [0.15, 0.2) is 6.61 Å². The minimum Gasteiger partial charge on any atom is -0.481 e. The standard InChI is InChI=1S/C22H18Br2N2O6S/c1-2-31-20(28)12-32-17-8-7-14(23)9-13(17)10-18-21(29)26(22(30)33-18)11-19(27)25-16-6-4-3-5-15(16)24/h3-10H,2,11-12H2,1H3,(H,25,27)/b18-10+. The summed E-state index contributed by atoms with van der Waals surface area (Å²) < 4.78 is 11.8. The number of para-hydroxylation sites is 1. The second kappa shape index (κ2) is 11.5. The van der Waals surface area contributed by atoms with Crippen LogP contribution in [0.5, 0.6) is 5.75 Å². The summed E-state index contributed by atoms with van der Waals surface area (Å²) in [6.07, 6.45) is 1.49. The first kappa shape index (κ1) is 25.0. The lowest BCUT2D eigenvalue weighted by molar-refractivity contribution is -0.145. The molecule has 172 valence electrons. The smallest absolute Gasteiger partial charge is 0.344 e. The molecule has 1 heterocycles. The zero-order valence-corrected chi connectivity index (χ0v) is 21.3. The molecular weight excluding hydrogens is 580 g/mol. The summed E-state index contributed by atoms with van der Waals surface area (Å²) in [7, 11) is 0. The van der Waals surface area contributed by atoms with E-state index in [1.165, 1.54) is 6.08 Å². The van der Waals surface area contributed by atoms with Crippen molar-refractivity contribution in [1.29, 1.82) is 0 Å². The molecule has 0 aromatic heterocycles. The molecule has 3 rings (SSSR count). The number of hydrogen-bond donors (Lipinski definition) is 1. The fourth-order valence-corrected chi connectivity index (χ4v) is 4.37. The normalized spacial score (nSPS) is 14.5. The van der Waals surface area contributed by atoms with Crippen LogP contribution in [0.4, 0.5) is 10.5 Å². The van der Waals surface area contributed by atoms with Crippen molar-refractivity contribution >= 4 is 78.4 Å². The topological polar surface area (TPSA) is 102 Å². The first-order valence-electron chi connectivity index (χ1n) is 9.66. The quantitative estimate of drug-likeness (QED) is 0.343. The zero-order valence-electron chi connectivity index (χ0n) is 17.3. The van der Waals surface area contributed by atoms with Crippen LogP contribution in [0.25, 0.3) is 6.08 Å². The molecule has 1 saturated heterocycles. The van der Waals surface area contributed by atoms with Crippen molar-refractivity contribution in [1.82, 2.24) is 4.90 Å². The molecule has 0 unspecified atom stereocenters. The summed E-state index contributed by atoms with van der Waals surface area (Å²) in [5, 5.41) is 2.11. The molecule has 0 saturated carbocycles. The van der Waals surface area contributed by atoms with Crippen LogP contribution in [-0.2, 0) is 19.1 Å². The van der Waals surface area contributed by atoms with E-state index in [0.29, 0.717) is 25.9 Å². The molecule has 1 N–H and O–H groups in total. The van der Waals surface area contributed by atoms with Gasteiger partial charge in [-0.15, -0.1) is 0 Å². The summed E-state index contributed by atoms with van der Waals surface area (Å²) in [6.45, 7) is 1.20. The third kappa shape index (κ3) is 6.68. The van der Waals surface area contributed by atoms with Gasteiger partial charge >= 0.3 is 5.97 Å². The van der Waals surface area contributed by atoms with E-state index >= 15 is 0 Å². The fraction of sp³-hybridized carbons (Fsp3) is 0.182. The van der Waals surface area contributed by atoms with Crippen LogP contribution in [0.15, 0.2) is 56.3 Å². The molecule has 33 heavy (non-hydrogen) atoms. The average Bonchev–Trinajstić information content (AvgIpc) is 3.02. The molecule has 1 aliphatic heterocycles. The van der Waals surface area contributed by atoms with Gasteiger partial charge in [0.2, 0.25) is 5.91 Å². The zero-order chi connectivity index (χ0) is 24.0. The fourth-order valence-electron chi connectivity index (χ4n) is 2.78. The summed E-state index contributed by atoms with van der Waals surface area (Å²) >= 11 is 7.41. The van der Waals surface area contributed by atoms with Crippen LogP contribution < -0.4 is 10.1 Å². The predicted octanol–water partition coefficient (Wildman–Crippen LogP) is 4.83. The van der Waals surface area contributed by atoms with Gasteiger partial charge in [-0.05, 0) is 71.0 Å². The van der Waals surface area contributed by atoms with E-state index in [4.69, 9.17) is 9.47 Å². The maximum atomic E-state index is 12.8. The van der Waals surface area contributed by atoms with Crippen LogP contribution in [0.1, 0.15) is 12.5 Å². The van der Waals surface area contributed by atoms with E-state index in [2.05, 4.69) is 37.2 Å². The Kier molecular flexibility index (Phi) is 8.70. The monoisotopic (exact) mass is 596 g/mol. The minimum atomic E-state index is -0.594. The molecule has 1 aliphatic rings. The number of nitrogens with one attached hydrogen (secondary N) is 1. The van der Waals surface area contributed by atoms with E-state index in [9.17, 15) is 19.2 Å². The Morgan fingerprint density at radius 2 is 1.91 bits per heavy atom. The van der Waals surface area contributed by atoms with Gasteiger partial charge in [0.1, 0.15) is 12.3 Å². The number of amides is 3. The van der Waals surface area contributed by atoms with Crippen molar-refractivity contribution in [3.63, 3.8) is 0 Å². The molecule has 1 fully saturated rings. The molecule has 2 aromatic carbocycles. The Morgan fingerprint density at radius 1 is 1.15 bits per heavy atom. The van der Waals surface area contributed by atoms with Gasteiger partial charge in [0.05, 0.1) is 17.2 Å². The first-order valence-corrected chi connectivity index (χ1v) is 12.1. The highest BCUT2D eigenvalue weighted by atomic mass is 79.9. The van der Waals surface area contributed by atoms with Crippen molar-refractivity contribution in [2.75, 3.05) is 25.1 Å². The molecule has 0 bridgehead atoms. The predicted molar refractivity (Wildman–Crippen MR) is 132 cm³/mol. The van der Waals surface area contributed by atoms with Gasteiger partial charge in [-0.1, -0.05) is 28.1 Å². The number of imide groups is 1. The number of nitrogens with zero attached hydrogens (tertiary/aromatic N) is 1. The van der Waals surface area contributed by atoms with E-state index < -0.39 is 29.6 Å². The van der Waals surface area contributed by atoms with Crippen molar-refractivity contribution < 1.29 is 28.7 Å². The third-order valence-electron chi connectivity index (χ3n) is 4.23. The summed E-state index contributed by atoms with van der Waals surface area (Å²) in [6, 6.07) is 12.0. The number of carbonyl (C=O) groups excluding carboxylic acids is 4. The lowest BCUT2D eigenvalue weighted by atomic mass is 10.2. The first-order chi connectivity index (χ1) is 15.8. The highest BCUT2D eigenvalue weighted by Gasteiger charge is 2.36. The number of rotatable bonds is 8. The molecule has 11 heteroatoms. The van der Waals surface area contributed by atoms with Gasteiger partial charge < -0.3 is 14.8 Å². The highest BCUT2D eigenvalue weighted by Crippen LogP contribution is 2.35. The molecule has 0 aliphatic carbocycles. The lowest BCUT2D eigenvalue weighted by Gasteiger charge is -2.13.